The summed E-state index contributed by atoms with van der Waals surface area (Å²) in [5.74, 6) is 0. The van der Waals surface area contributed by atoms with Crippen molar-refractivity contribution in [3.8, 4) is 0 Å². The molecule has 1 aliphatic carbocycles. The molecule has 0 fully saturated rings. The molecule has 35 heavy (non-hydrogen) atoms. The quantitative estimate of drug-likeness (QED) is 0.248. The molecular formula is C29H41NO5. The third-order valence-electron chi connectivity index (χ3n) is 6.00. The average molecular weight is 484 g/mol. The normalized spacial score (nSPS) is 12.9. The highest BCUT2D eigenvalue weighted by atomic mass is 16.6. The number of nitrogens with zero attached hydrogens (tertiary/aromatic N) is 1. The smallest absolute Gasteiger partial charge is 0.0989 e. The van der Waals surface area contributed by atoms with Gasteiger partial charge in [0, 0.05) is 13.7 Å². The van der Waals surface area contributed by atoms with E-state index in [4.69, 9.17) is 23.7 Å². The maximum Gasteiger partial charge on any atom is 0.0989 e. The van der Waals surface area contributed by atoms with E-state index in [-0.39, 0.29) is 0 Å². The molecule has 0 N–H and O–H groups in total. The number of hydrogen-bond donors (Lipinski definition) is 0. The Kier molecular flexibility index (Phi) is 13.0. The number of hydrogen-bond acceptors (Lipinski definition) is 6. The number of methoxy groups -OCH3 is 1. The first-order valence-corrected chi connectivity index (χ1v) is 12.6. The van der Waals surface area contributed by atoms with Gasteiger partial charge in [-0.25, -0.2) is 0 Å². The second-order valence-corrected chi connectivity index (χ2v) is 8.67. The van der Waals surface area contributed by atoms with E-state index in [0.29, 0.717) is 59.6 Å². The lowest BCUT2D eigenvalue weighted by molar-refractivity contribution is -0.0209. The molecule has 2 aromatic carbocycles. The van der Waals surface area contributed by atoms with Crippen LogP contribution >= 0.6 is 0 Å². The molecule has 0 saturated heterocycles. The summed E-state index contributed by atoms with van der Waals surface area (Å²) in [6.07, 6.45) is 5.55. The average Bonchev–Trinajstić information content (AvgIpc) is 3.04. The van der Waals surface area contributed by atoms with Gasteiger partial charge >= 0.3 is 0 Å². The zero-order chi connectivity index (χ0) is 24.6. The summed E-state index contributed by atoms with van der Waals surface area (Å²) in [6.45, 7) is 6.16. The summed E-state index contributed by atoms with van der Waals surface area (Å²) in [6, 6.07) is 17.6. The summed E-state index contributed by atoms with van der Waals surface area (Å²) in [5, 5.41) is 0. The number of aryl methyl sites for hydroxylation is 2. The Bertz CT molecular complexity index is 835. The number of ether oxygens (including phenoxy) is 5. The molecule has 0 amide bonds. The van der Waals surface area contributed by atoms with Gasteiger partial charge in [-0.15, -0.1) is 0 Å². The maximum atomic E-state index is 5.76. The Morgan fingerprint density at radius 1 is 0.686 bits per heavy atom. The van der Waals surface area contributed by atoms with Gasteiger partial charge in [-0.1, -0.05) is 54.6 Å². The van der Waals surface area contributed by atoms with Gasteiger partial charge in [-0.2, -0.15) is 0 Å². The summed E-state index contributed by atoms with van der Waals surface area (Å²) in [7, 11) is 3.76. The lowest BCUT2D eigenvalue weighted by atomic mass is 9.93. The molecule has 192 valence electrons. The fourth-order valence-corrected chi connectivity index (χ4v) is 4.15. The highest BCUT2D eigenvalue weighted by Crippen LogP contribution is 2.33. The van der Waals surface area contributed by atoms with Crippen LogP contribution in [0.2, 0.25) is 0 Å². The first-order chi connectivity index (χ1) is 17.3. The zero-order valence-corrected chi connectivity index (χ0v) is 21.4. The second-order valence-electron chi connectivity index (χ2n) is 8.67. The molecule has 0 atom stereocenters. The van der Waals surface area contributed by atoms with Crippen molar-refractivity contribution >= 4 is 5.57 Å². The van der Waals surface area contributed by atoms with E-state index < -0.39 is 0 Å². The second kappa shape index (κ2) is 16.6. The maximum absolute atomic E-state index is 5.76. The largest absolute Gasteiger partial charge is 0.382 e. The van der Waals surface area contributed by atoms with E-state index in [1.54, 1.807) is 7.11 Å². The Labute approximate surface area is 210 Å². The van der Waals surface area contributed by atoms with Crippen molar-refractivity contribution in [2.75, 3.05) is 80.3 Å². The van der Waals surface area contributed by atoms with Crippen LogP contribution in [0.4, 0.5) is 0 Å². The third-order valence-corrected chi connectivity index (χ3v) is 6.00. The molecule has 0 aliphatic heterocycles. The highest BCUT2D eigenvalue weighted by Gasteiger charge is 2.17. The minimum atomic E-state index is 0.563. The van der Waals surface area contributed by atoms with Crippen LogP contribution in [0.3, 0.4) is 0 Å². The Morgan fingerprint density at radius 3 is 1.71 bits per heavy atom. The first-order valence-electron chi connectivity index (χ1n) is 12.6. The van der Waals surface area contributed by atoms with E-state index in [9.17, 15) is 0 Å². The van der Waals surface area contributed by atoms with Crippen molar-refractivity contribution < 1.29 is 23.7 Å². The van der Waals surface area contributed by atoms with E-state index in [0.717, 1.165) is 25.8 Å². The fourth-order valence-electron chi connectivity index (χ4n) is 4.15. The lowest BCUT2D eigenvalue weighted by Crippen LogP contribution is -2.24. The van der Waals surface area contributed by atoms with Crippen LogP contribution in [0.1, 0.15) is 28.7 Å². The molecule has 1 aliphatic rings. The van der Waals surface area contributed by atoms with Crippen molar-refractivity contribution in [1.82, 2.24) is 4.90 Å². The van der Waals surface area contributed by atoms with Gasteiger partial charge in [-0.05, 0) is 54.1 Å². The summed E-state index contributed by atoms with van der Waals surface area (Å²) in [5.41, 5.74) is 6.98. The Hall–Kier alpha value is -2.06. The molecular weight excluding hydrogens is 442 g/mol. The molecule has 3 rings (SSSR count). The summed E-state index contributed by atoms with van der Waals surface area (Å²) in [4.78, 5) is 2.21. The van der Waals surface area contributed by atoms with E-state index in [1.807, 2.05) is 0 Å². The van der Waals surface area contributed by atoms with Crippen LogP contribution in [-0.4, -0.2) is 85.2 Å². The van der Waals surface area contributed by atoms with Crippen LogP contribution in [0.15, 0.2) is 54.6 Å². The standard InChI is InChI=1S/C29H41NO5/c1-30(24-35-23-22-34-21-20-33-19-18-32-17-16-31-2)15-7-12-29-27-10-5-3-8-25(27)13-14-26-9-4-6-11-28(26)29/h3-6,8-12H,7,13-24H2,1-2H3. The Morgan fingerprint density at radius 2 is 1.17 bits per heavy atom. The van der Waals surface area contributed by atoms with Crippen molar-refractivity contribution in [2.45, 2.75) is 19.3 Å². The predicted octanol–water partition coefficient (Wildman–Crippen LogP) is 4.21. The van der Waals surface area contributed by atoms with Gasteiger partial charge in [0.05, 0.1) is 59.6 Å². The van der Waals surface area contributed by atoms with E-state index in [1.165, 1.54) is 27.8 Å². The van der Waals surface area contributed by atoms with Crippen LogP contribution in [0, 0.1) is 0 Å². The zero-order valence-electron chi connectivity index (χ0n) is 21.4. The fraction of sp³-hybridized carbons (Fsp3) is 0.517. The van der Waals surface area contributed by atoms with Crippen LogP contribution in [0.5, 0.6) is 0 Å². The van der Waals surface area contributed by atoms with E-state index >= 15 is 0 Å². The molecule has 0 radical (unpaired) electrons. The van der Waals surface area contributed by atoms with Crippen LogP contribution < -0.4 is 0 Å². The molecule has 0 aromatic heterocycles. The summed E-state index contributed by atoms with van der Waals surface area (Å²) < 4.78 is 27.0. The molecule has 0 bridgehead atoms. The highest BCUT2D eigenvalue weighted by molar-refractivity contribution is 5.83. The molecule has 6 nitrogen and oxygen atoms in total. The molecule has 0 unspecified atom stereocenters. The van der Waals surface area contributed by atoms with Gasteiger partial charge in [0.1, 0.15) is 0 Å². The number of rotatable bonds is 17. The monoisotopic (exact) mass is 483 g/mol. The summed E-state index contributed by atoms with van der Waals surface area (Å²) >= 11 is 0. The molecule has 2 aromatic rings. The number of benzene rings is 2. The first kappa shape index (κ1) is 27.5. The van der Waals surface area contributed by atoms with Gasteiger partial charge in [0.25, 0.3) is 0 Å². The van der Waals surface area contributed by atoms with Crippen molar-refractivity contribution in [2.24, 2.45) is 0 Å². The van der Waals surface area contributed by atoms with Gasteiger partial charge in [0.2, 0.25) is 0 Å². The molecule has 6 heteroatoms. The molecule has 0 saturated carbocycles. The molecule has 0 heterocycles. The van der Waals surface area contributed by atoms with Gasteiger partial charge < -0.3 is 23.7 Å². The third kappa shape index (κ3) is 9.84. The SMILES string of the molecule is COCCOCCOCCOCCOCN(C)CCC=C1c2ccccc2CCc2ccccc21. The lowest BCUT2D eigenvalue weighted by Gasteiger charge is -2.17. The van der Waals surface area contributed by atoms with Crippen molar-refractivity contribution in [3.63, 3.8) is 0 Å². The van der Waals surface area contributed by atoms with Crippen LogP contribution in [0.25, 0.3) is 5.57 Å². The van der Waals surface area contributed by atoms with Crippen molar-refractivity contribution in [3.05, 3.63) is 76.9 Å². The van der Waals surface area contributed by atoms with Crippen molar-refractivity contribution in [1.29, 1.82) is 0 Å². The minimum Gasteiger partial charge on any atom is -0.382 e. The van der Waals surface area contributed by atoms with E-state index in [2.05, 4.69) is 66.6 Å². The van der Waals surface area contributed by atoms with Gasteiger partial charge in [0.15, 0.2) is 0 Å². The predicted molar refractivity (Wildman–Crippen MR) is 140 cm³/mol. The Balaban J connectivity index is 1.30. The van der Waals surface area contributed by atoms with Gasteiger partial charge in [-0.3, -0.25) is 4.90 Å². The van der Waals surface area contributed by atoms with Crippen LogP contribution in [-0.2, 0) is 36.5 Å². The molecule has 0 spiro atoms. The topological polar surface area (TPSA) is 49.4 Å². The number of fused-ring (bicyclic) bond motifs is 2. The minimum absolute atomic E-state index is 0.563.